The minimum atomic E-state index is -2.48. The molecule has 3 amide bonds. The van der Waals surface area contributed by atoms with Crippen molar-refractivity contribution in [3.8, 4) is 0 Å². The molecule has 2 unspecified atom stereocenters. The van der Waals surface area contributed by atoms with Gasteiger partial charge in [-0.25, -0.2) is 18.9 Å². The number of carbonyl (C=O) groups is 3. The molecule has 0 bridgehead atoms. The maximum absolute atomic E-state index is 14.0. The molecule has 2 atom stereocenters. The average molecular weight is 295 g/mol. The van der Waals surface area contributed by atoms with Crippen LogP contribution in [0.25, 0.3) is 0 Å². The molecular formula is C13H14FN3O4. The molecule has 1 aliphatic heterocycles. The minimum absolute atomic E-state index is 0.0551. The summed E-state index contributed by atoms with van der Waals surface area (Å²) >= 11 is 0. The van der Waals surface area contributed by atoms with Gasteiger partial charge in [-0.1, -0.05) is 6.07 Å². The summed E-state index contributed by atoms with van der Waals surface area (Å²) in [5.74, 6) is -2.18. The number of ether oxygens (including phenoxy) is 1. The molecule has 7 nitrogen and oxygen atoms in total. The fourth-order valence-electron chi connectivity index (χ4n) is 2.02. The maximum Gasteiger partial charge on any atom is 0.362 e. The van der Waals surface area contributed by atoms with Crippen molar-refractivity contribution >= 4 is 17.9 Å². The third-order valence-electron chi connectivity index (χ3n) is 3.11. The molecule has 21 heavy (non-hydrogen) atoms. The molecule has 0 saturated carbocycles. The van der Waals surface area contributed by atoms with Crippen molar-refractivity contribution in [2.75, 3.05) is 6.61 Å². The number of pyridine rings is 1. The second-order valence-electron chi connectivity index (χ2n) is 4.53. The number of nitrogens with zero attached hydrogens (tertiary/aromatic N) is 2. The largest absolute Gasteiger partial charge is 0.462 e. The Hall–Kier alpha value is -2.51. The molecule has 1 saturated heterocycles. The maximum atomic E-state index is 14.0. The van der Waals surface area contributed by atoms with Crippen LogP contribution in [0.3, 0.4) is 0 Å². The fraction of sp³-hybridized carbons (Fsp3) is 0.385. The van der Waals surface area contributed by atoms with Crippen LogP contribution >= 0.6 is 0 Å². The van der Waals surface area contributed by atoms with E-state index >= 15 is 0 Å². The highest BCUT2D eigenvalue weighted by Gasteiger charge is 2.54. The first-order valence-corrected chi connectivity index (χ1v) is 6.30. The predicted molar refractivity (Wildman–Crippen MR) is 68.5 cm³/mol. The van der Waals surface area contributed by atoms with E-state index in [9.17, 15) is 18.8 Å². The lowest BCUT2D eigenvalue weighted by Gasteiger charge is -2.21. The second kappa shape index (κ2) is 5.47. The Morgan fingerprint density at radius 3 is 2.81 bits per heavy atom. The Bertz CT molecular complexity index is 580. The van der Waals surface area contributed by atoms with Crippen LogP contribution in [0.1, 0.15) is 19.5 Å². The lowest BCUT2D eigenvalue weighted by atomic mass is 9.97. The van der Waals surface area contributed by atoms with Crippen molar-refractivity contribution in [1.82, 2.24) is 15.2 Å². The van der Waals surface area contributed by atoms with Crippen molar-refractivity contribution < 1.29 is 23.5 Å². The summed E-state index contributed by atoms with van der Waals surface area (Å²) in [5, 5.41) is 2.35. The molecule has 1 aromatic heterocycles. The Morgan fingerprint density at radius 1 is 1.52 bits per heavy atom. The van der Waals surface area contributed by atoms with Crippen LogP contribution in [-0.4, -0.2) is 40.7 Å². The van der Waals surface area contributed by atoms with Gasteiger partial charge in [-0.3, -0.25) is 9.78 Å². The number of carbonyl (C=O) groups excluding carboxylic acids is 3. The number of amides is 3. The minimum Gasteiger partial charge on any atom is -0.462 e. The van der Waals surface area contributed by atoms with E-state index in [1.54, 1.807) is 12.1 Å². The molecule has 0 aromatic carbocycles. The molecule has 112 valence electrons. The van der Waals surface area contributed by atoms with E-state index < -0.39 is 29.7 Å². The van der Waals surface area contributed by atoms with Crippen molar-refractivity contribution in [1.29, 1.82) is 0 Å². The third kappa shape index (κ3) is 2.44. The van der Waals surface area contributed by atoms with Gasteiger partial charge in [0, 0.05) is 6.20 Å². The van der Waals surface area contributed by atoms with Crippen LogP contribution in [0, 0.1) is 0 Å². The fourth-order valence-corrected chi connectivity index (χ4v) is 2.02. The number of esters is 1. The molecule has 1 aliphatic rings. The van der Waals surface area contributed by atoms with E-state index in [-0.39, 0.29) is 17.2 Å². The van der Waals surface area contributed by atoms with E-state index in [1.807, 2.05) is 0 Å². The summed E-state index contributed by atoms with van der Waals surface area (Å²) in [5.41, 5.74) is -1.27. The van der Waals surface area contributed by atoms with Crippen molar-refractivity contribution in [3.63, 3.8) is 0 Å². The smallest absolute Gasteiger partial charge is 0.362 e. The van der Waals surface area contributed by atoms with Gasteiger partial charge in [0.15, 0.2) is 5.54 Å². The van der Waals surface area contributed by atoms with Gasteiger partial charge in [0.05, 0.1) is 12.3 Å². The van der Waals surface area contributed by atoms with Gasteiger partial charge in [0.1, 0.15) is 0 Å². The predicted octanol–water partition coefficient (Wildman–Crippen LogP) is 0.707. The van der Waals surface area contributed by atoms with Gasteiger partial charge in [0.25, 0.3) is 12.2 Å². The number of hydrogen-bond acceptors (Lipinski definition) is 5. The Kier molecular flexibility index (Phi) is 3.88. The van der Waals surface area contributed by atoms with Gasteiger partial charge in [-0.05, 0) is 26.0 Å². The van der Waals surface area contributed by atoms with Crippen LogP contribution in [0.4, 0.5) is 9.18 Å². The highest BCUT2D eigenvalue weighted by atomic mass is 19.1. The number of urea groups is 1. The molecule has 1 aromatic rings. The highest BCUT2D eigenvalue weighted by Crippen LogP contribution is 2.29. The van der Waals surface area contributed by atoms with Crippen LogP contribution in [0.15, 0.2) is 24.4 Å². The lowest BCUT2D eigenvalue weighted by molar-refractivity contribution is -0.159. The molecule has 0 aliphatic carbocycles. The van der Waals surface area contributed by atoms with Crippen LogP contribution < -0.4 is 5.32 Å². The molecule has 1 fully saturated rings. The van der Waals surface area contributed by atoms with Crippen LogP contribution in [-0.2, 0) is 19.9 Å². The van der Waals surface area contributed by atoms with Crippen LogP contribution in [0.2, 0.25) is 0 Å². The van der Waals surface area contributed by atoms with Gasteiger partial charge in [-0.15, -0.1) is 0 Å². The molecule has 0 radical (unpaired) electrons. The van der Waals surface area contributed by atoms with Crippen molar-refractivity contribution in [3.05, 3.63) is 30.1 Å². The molecular weight excluding hydrogens is 281 g/mol. The number of alkyl halides is 1. The second-order valence-corrected chi connectivity index (χ2v) is 4.53. The Morgan fingerprint density at radius 2 is 2.24 bits per heavy atom. The summed E-state index contributed by atoms with van der Waals surface area (Å²) in [6, 6.07) is 3.80. The van der Waals surface area contributed by atoms with Crippen LogP contribution in [0.5, 0.6) is 0 Å². The summed E-state index contributed by atoms with van der Waals surface area (Å²) < 4.78 is 18.5. The Balaban J connectivity index is 2.30. The number of nitrogens with one attached hydrogen (secondary N) is 1. The zero-order chi connectivity index (χ0) is 15.6. The van der Waals surface area contributed by atoms with E-state index in [1.165, 1.54) is 26.1 Å². The summed E-state index contributed by atoms with van der Waals surface area (Å²) in [7, 11) is 0. The number of rotatable bonds is 4. The first kappa shape index (κ1) is 14.9. The highest BCUT2D eigenvalue weighted by molar-refractivity contribution is 6.09. The lowest BCUT2D eigenvalue weighted by Crippen LogP contribution is -2.45. The summed E-state index contributed by atoms with van der Waals surface area (Å²) in [6.45, 7) is 2.84. The SMILES string of the molecule is CCOC(=O)C(F)N1C(=O)NC(C)(c2ccccn2)C1=O. The van der Waals surface area contributed by atoms with E-state index in [0.717, 1.165) is 0 Å². The zero-order valence-electron chi connectivity index (χ0n) is 11.5. The Labute approximate surface area is 120 Å². The first-order chi connectivity index (χ1) is 9.91. The number of halogens is 1. The normalized spacial score (nSPS) is 22.9. The van der Waals surface area contributed by atoms with Gasteiger partial charge in [0.2, 0.25) is 0 Å². The first-order valence-electron chi connectivity index (χ1n) is 6.30. The molecule has 1 N–H and O–H groups in total. The molecule has 8 heteroatoms. The molecule has 2 rings (SSSR count). The quantitative estimate of drug-likeness (QED) is 0.502. The van der Waals surface area contributed by atoms with Gasteiger partial charge >= 0.3 is 12.0 Å². The van der Waals surface area contributed by atoms with Crippen molar-refractivity contribution in [2.24, 2.45) is 0 Å². The topological polar surface area (TPSA) is 88.6 Å². The third-order valence-corrected chi connectivity index (χ3v) is 3.11. The average Bonchev–Trinajstić information content (AvgIpc) is 2.70. The van der Waals surface area contributed by atoms with E-state index in [0.29, 0.717) is 0 Å². The van der Waals surface area contributed by atoms with Gasteiger partial charge < -0.3 is 10.1 Å². The van der Waals surface area contributed by atoms with Crippen molar-refractivity contribution in [2.45, 2.75) is 25.7 Å². The van der Waals surface area contributed by atoms with E-state index in [4.69, 9.17) is 0 Å². The van der Waals surface area contributed by atoms with Gasteiger partial charge in [-0.2, -0.15) is 0 Å². The number of aromatic nitrogens is 1. The standard InChI is InChI=1S/C13H14FN3O4/c1-3-21-10(18)9(14)17-11(19)13(2,16-12(17)20)8-6-4-5-7-15-8/h4-7,9H,3H2,1-2H3,(H,16,20). The zero-order valence-corrected chi connectivity index (χ0v) is 11.5. The number of hydrogen-bond donors (Lipinski definition) is 1. The van der Waals surface area contributed by atoms with E-state index in [2.05, 4.69) is 15.0 Å². The molecule has 0 spiro atoms. The monoisotopic (exact) mass is 295 g/mol. The summed E-state index contributed by atoms with van der Waals surface area (Å²) in [6.07, 6.45) is -1.04. The molecule has 2 heterocycles. The number of imide groups is 1. The summed E-state index contributed by atoms with van der Waals surface area (Å²) in [4.78, 5) is 39.8.